The number of aromatic nitrogens is 1. The Morgan fingerprint density at radius 2 is 2.05 bits per heavy atom. The van der Waals surface area contributed by atoms with Crippen molar-refractivity contribution in [3.63, 3.8) is 0 Å². The Kier molecular flexibility index (Phi) is 3.70. The number of amides is 1. The van der Waals surface area contributed by atoms with Gasteiger partial charge in [0.25, 0.3) is 0 Å². The molecule has 1 amide bonds. The van der Waals surface area contributed by atoms with Gasteiger partial charge in [-0.25, -0.2) is 13.8 Å². The summed E-state index contributed by atoms with van der Waals surface area (Å²) in [5, 5.41) is 2.50. The summed E-state index contributed by atoms with van der Waals surface area (Å²) >= 11 is 0. The zero-order valence-corrected chi connectivity index (χ0v) is 9.86. The number of carbonyl (C=O) groups is 1. The predicted octanol–water partition coefficient (Wildman–Crippen LogP) is 2.12. The number of halogens is 2. The van der Waals surface area contributed by atoms with E-state index in [9.17, 15) is 13.6 Å². The molecule has 2 aromatic rings. The van der Waals surface area contributed by atoms with Crippen molar-refractivity contribution >= 4 is 17.4 Å². The number of pyridine rings is 1. The molecule has 0 aliphatic rings. The van der Waals surface area contributed by atoms with E-state index in [2.05, 4.69) is 10.3 Å². The normalized spacial score (nSPS) is 10.2. The average molecular weight is 263 g/mol. The number of anilines is 2. The molecule has 0 unspecified atom stereocenters. The number of hydrogen-bond acceptors (Lipinski definition) is 3. The van der Waals surface area contributed by atoms with Crippen LogP contribution in [0.4, 0.5) is 20.3 Å². The van der Waals surface area contributed by atoms with E-state index in [1.165, 1.54) is 12.3 Å². The Bertz CT molecular complexity index is 617. The number of rotatable bonds is 3. The SMILES string of the molecule is Nc1cccnc1NC(=O)Cc1ccc(F)c(F)c1. The number of hydrogen-bond donors (Lipinski definition) is 2. The zero-order valence-electron chi connectivity index (χ0n) is 9.86. The lowest BCUT2D eigenvalue weighted by molar-refractivity contribution is -0.115. The van der Waals surface area contributed by atoms with Gasteiger partial charge in [-0.05, 0) is 29.8 Å². The molecule has 1 heterocycles. The van der Waals surface area contributed by atoms with E-state index in [1.54, 1.807) is 12.1 Å². The van der Waals surface area contributed by atoms with Crippen molar-refractivity contribution in [2.24, 2.45) is 0 Å². The van der Waals surface area contributed by atoms with Crippen molar-refractivity contribution in [1.29, 1.82) is 0 Å². The largest absolute Gasteiger partial charge is 0.396 e. The number of nitrogens with zero attached hydrogens (tertiary/aromatic N) is 1. The number of nitrogen functional groups attached to an aromatic ring is 1. The number of nitrogens with one attached hydrogen (secondary N) is 1. The molecule has 1 aromatic carbocycles. The Morgan fingerprint density at radius 1 is 1.26 bits per heavy atom. The summed E-state index contributed by atoms with van der Waals surface area (Å²) in [4.78, 5) is 15.6. The van der Waals surface area contributed by atoms with Crippen LogP contribution in [0.2, 0.25) is 0 Å². The molecule has 0 saturated carbocycles. The van der Waals surface area contributed by atoms with Crippen molar-refractivity contribution in [1.82, 2.24) is 4.98 Å². The Hall–Kier alpha value is -2.50. The quantitative estimate of drug-likeness (QED) is 0.891. The summed E-state index contributed by atoms with van der Waals surface area (Å²) in [6.07, 6.45) is 1.40. The Balaban J connectivity index is 2.05. The Labute approximate surface area is 108 Å². The van der Waals surface area contributed by atoms with E-state index >= 15 is 0 Å². The minimum atomic E-state index is -0.984. The lowest BCUT2D eigenvalue weighted by Gasteiger charge is -2.06. The second kappa shape index (κ2) is 5.43. The van der Waals surface area contributed by atoms with Gasteiger partial charge >= 0.3 is 0 Å². The van der Waals surface area contributed by atoms with Gasteiger partial charge in [-0.3, -0.25) is 4.79 Å². The number of nitrogens with two attached hydrogens (primary N) is 1. The summed E-state index contributed by atoms with van der Waals surface area (Å²) in [5.74, 6) is -2.09. The standard InChI is InChI=1S/C13H11F2N3O/c14-9-4-3-8(6-10(9)15)7-12(19)18-13-11(16)2-1-5-17-13/h1-6H,7,16H2,(H,17,18,19). The first kappa shape index (κ1) is 12.9. The molecule has 0 aliphatic heterocycles. The van der Waals surface area contributed by atoms with Gasteiger partial charge in [0, 0.05) is 6.20 Å². The van der Waals surface area contributed by atoms with E-state index in [-0.39, 0.29) is 12.2 Å². The summed E-state index contributed by atoms with van der Waals surface area (Å²) in [5.41, 5.74) is 6.32. The maximum Gasteiger partial charge on any atom is 0.230 e. The van der Waals surface area contributed by atoms with Crippen LogP contribution in [0.5, 0.6) is 0 Å². The van der Waals surface area contributed by atoms with E-state index < -0.39 is 17.5 Å². The van der Waals surface area contributed by atoms with E-state index in [0.29, 0.717) is 11.3 Å². The maximum atomic E-state index is 13.0. The van der Waals surface area contributed by atoms with Crippen molar-refractivity contribution in [2.45, 2.75) is 6.42 Å². The Morgan fingerprint density at radius 3 is 2.74 bits per heavy atom. The fraction of sp³-hybridized carbons (Fsp3) is 0.0769. The summed E-state index contributed by atoms with van der Waals surface area (Å²) in [7, 11) is 0. The predicted molar refractivity (Wildman–Crippen MR) is 67.3 cm³/mol. The van der Waals surface area contributed by atoms with Crippen molar-refractivity contribution in [3.05, 3.63) is 53.7 Å². The minimum absolute atomic E-state index is 0.0901. The molecule has 4 nitrogen and oxygen atoms in total. The molecule has 0 radical (unpaired) electrons. The molecule has 0 bridgehead atoms. The summed E-state index contributed by atoms with van der Waals surface area (Å²) in [6, 6.07) is 6.55. The third kappa shape index (κ3) is 3.25. The van der Waals surface area contributed by atoms with Crippen molar-refractivity contribution < 1.29 is 13.6 Å². The minimum Gasteiger partial charge on any atom is -0.396 e. The molecule has 0 saturated heterocycles. The van der Waals surface area contributed by atoms with Gasteiger partial charge in [-0.1, -0.05) is 6.07 Å². The molecule has 1 aromatic heterocycles. The molecule has 98 valence electrons. The molecule has 0 spiro atoms. The highest BCUT2D eigenvalue weighted by Crippen LogP contribution is 2.14. The molecular weight excluding hydrogens is 252 g/mol. The number of benzene rings is 1. The van der Waals surface area contributed by atoms with E-state index in [0.717, 1.165) is 12.1 Å². The summed E-state index contributed by atoms with van der Waals surface area (Å²) < 4.78 is 25.7. The first-order chi connectivity index (χ1) is 9.06. The lowest BCUT2D eigenvalue weighted by atomic mass is 10.1. The highest BCUT2D eigenvalue weighted by Gasteiger charge is 2.09. The molecule has 0 atom stereocenters. The van der Waals surface area contributed by atoms with Gasteiger partial charge in [-0.2, -0.15) is 0 Å². The van der Waals surface area contributed by atoms with Crippen LogP contribution in [0, 0.1) is 11.6 Å². The van der Waals surface area contributed by atoms with Crippen LogP contribution in [-0.2, 0) is 11.2 Å². The van der Waals surface area contributed by atoms with Gasteiger partial charge in [0.2, 0.25) is 5.91 Å². The fourth-order valence-electron chi connectivity index (χ4n) is 1.53. The van der Waals surface area contributed by atoms with Crippen LogP contribution in [0.25, 0.3) is 0 Å². The van der Waals surface area contributed by atoms with E-state index in [4.69, 9.17) is 5.73 Å². The van der Waals surface area contributed by atoms with Crippen LogP contribution in [0.3, 0.4) is 0 Å². The summed E-state index contributed by atoms with van der Waals surface area (Å²) in [6.45, 7) is 0. The second-order valence-electron chi connectivity index (χ2n) is 3.91. The van der Waals surface area contributed by atoms with E-state index in [1.807, 2.05) is 0 Å². The first-order valence-electron chi connectivity index (χ1n) is 5.50. The second-order valence-corrected chi connectivity index (χ2v) is 3.91. The van der Waals surface area contributed by atoms with Gasteiger partial charge in [0.15, 0.2) is 17.5 Å². The highest BCUT2D eigenvalue weighted by molar-refractivity contribution is 5.93. The highest BCUT2D eigenvalue weighted by atomic mass is 19.2. The van der Waals surface area contributed by atoms with Crippen LogP contribution in [0.15, 0.2) is 36.5 Å². The van der Waals surface area contributed by atoms with Crippen LogP contribution < -0.4 is 11.1 Å². The molecule has 19 heavy (non-hydrogen) atoms. The van der Waals surface area contributed by atoms with Crippen LogP contribution in [-0.4, -0.2) is 10.9 Å². The van der Waals surface area contributed by atoms with Crippen LogP contribution in [0.1, 0.15) is 5.56 Å². The topological polar surface area (TPSA) is 68.0 Å². The van der Waals surface area contributed by atoms with Gasteiger partial charge in [0.05, 0.1) is 12.1 Å². The molecule has 0 aliphatic carbocycles. The van der Waals surface area contributed by atoms with Gasteiger partial charge < -0.3 is 11.1 Å². The first-order valence-corrected chi connectivity index (χ1v) is 5.50. The zero-order chi connectivity index (χ0) is 13.8. The average Bonchev–Trinajstić information content (AvgIpc) is 2.37. The number of carbonyl (C=O) groups excluding carboxylic acids is 1. The molecule has 2 rings (SSSR count). The van der Waals surface area contributed by atoms with Crippen molar-refractivity contribution in [2.75, 3.05) is 11.1 Å². The third-order valence-corrected chi connectivity index (χ3v) is 2.45. The third-order valence-electron chi connectivity index (χ3n) is 2.45. The van der Waals surface area contributed by atoms with Gasteiger partial charge in [0.1, 0.15) is 0 Å². The molecular formula is C13H11F2N3O. The fourth-order valence-corrected chi connectivity index (χ4v) is 1.53. The maximum absolute atomic E-state index is 13.0. The van der Waals surface area contributed by atoms with Crippen molar-refractivity contribution in [3.8, 4) is 0 Å². The lowest BCUT2D eigenvalue weighted by Crippen LogP contribution is -2.16. The molecule has 3 N–H and O–H groups in total. The smallest absolute Gasteiger partial charge is 0.230 e. The monoisotopic (exact) mass is 263 g/mol. The van der Waals surface area contributed by atoms with Gasteiger partial charge in [-0.15, -0.1) is 0 Å². The van der Waals surface area contributed by atoms with Crippen LogP contribution >= 0.6 is 0 Å². The molecule has 0 fully saturated rings. The molecule has 6 heteroatoms.